The van der Waals surface area contributed by atoms with Crippen molar-refractivity contribution in [1.82, 2.24) is 10.2 Å². The molecule has 3 rings (SSSR count). The molecule has 0 aliphatic heterocycles. The van der Waals surface area contributed by atoms with Gasteiger partial charge in [-0.05, 0) is 94.0 Å². The number of thioether (sulfide) groups is 1. The first-order valence-corrected chi connectivity index (χ1v) is 16.8. The van der Waals surface area contributed by atoms with Gasteiger partial charge >= 0.3 is 0 Å². The molecule has 8 nitrogen and oxygen atoms in total. The van der Waals surface area contributed by atoms with Crippen molar-refractivity contribution in [2.24, 2.45) is 0 Å². The van der Waals surface area contributed by atoms with Crippen LogP contribution in [0.5, 0.6) is 5.75 Å². The van der Waals surface area contributed by atoms with Gasteiger partial charge in [-0.1, -0.05) is 37.3 Å². The second kappa shape index (κ2) is 15.7. The highest BCUT2D eigenvalue weighted by Gasteiger charge is 2.32. The quantitative estimate of drug-likeness (QED) is 0.232. The van der Waals surface area contributed by atoms with Crippen LogP contribution in [0.1, 0.15) is 39.7 Å². The van der Waals surface area contributed by atoms with Crippen molar-refractivity contribution in [2.45, 2.75) is 62.4 Å². The lowest BCUT2D eigenvalue weighted by Gasteiger charge is -2.32. The smallest absolute Gasteiger partial charge is 0.264 e. The van der Waals surface area contributed by atoms with Gasteiger partial charge in [0.1, 0.15) is 18.3 Å². The first-order valence-electron chi connectivity index (χ1n) is 14.1. The zero-order valence-electron chi connectivity index (χ0n) is 24.9. The molecule has 0 aliphatic rings. The van der Waals surface area contributed by atoms with Gasteiger partial charge in [-0.2, -0.15) is 0 Å². The van der Waals surface area contributed by atoms with Gasteiger partial charge in [0.25, 0.3) is 10.0 Å². The molecule has 0 saturated carbocycles. The van der Waals surface area contributed by atoms with E-state index in [1.54, 1.807) is 55.5 Å². The number of anilines is 1. The van der Waals surface area contributed by atoms with Crippen LogP contribution in [0.4, 0.5) is 5.69 Å². The number of nitrogens with one attached hydrogen (secondary N) is 1. The van der Waals surface area contributed by atoms with Crippen LogP contribution in [0.2, 0.25) is 0 Å². The molecule has 3 aromatic rings. The minimum Gasteiger partial charge on any atom is -0.494 e. The summed E-state index contributed by atoms with van der Waals surface area (Å²) in [6.45, 7) is 7.66. The summed E-state index contributed by atoms with van der Waals surface area (Å²) in [6, 6.07) is 22.0. The summed E-state index contributed by atoms with van der Waals surface area (Å²) in [6.07, 6.45) is 3.17. The Morgan fingerprint density at radius 1 is 0.929 bits per heavy atom. The van der Waals surface area contributed by atoms with Crippen molar-refractivity contribution in [3.8, 4) is 5.75 Å². The van der Waals surface area contributed by atoms with Crippen LogP contribution in [-0.4, -0.2) is 63.2 Å². The van der Waals surface area contributed by atoms with E-state index in [0.717, 1.165) is 21.2 Å². The summed E-state index contributed by atoms with van der Waals surface area (Å²) in [5, 5.41) is 2.95. The Balaban J connectivity index is 1.98. The van der Waals surface area contributed by atoms with Crippen molar-refractivity contribution < 1.29 is 22.7 Å². The molecular formula is C32H41N3O5S2. The predicted molar refractivity (Wildman–Crippen MR) is 170 cm³/mol. The minimum atomic E-state index is -4.13. The van der Waals surface area contributed by atoms with E-state index in [1.165, 1.54) is 16.7 Å². The highest BCUT2D eigenvalue weighted by atomic mass is 32.2. The number of rotatable bonds is 15. The molecule has 2 atom stereocenters. The van der Waals surface area contributed by atoms with E-state index >= 15 is 0 Å². The lowest BCUT2D eigenvalue weighted by Crippen LogP contribution is -2.53. The van der Waals surface area contributed by atoms with Crippen molar-refractivity contribution in [1.29, 1.82) is 0 Å². The molecule has 2 unspecified atom stereocenters. The third-order valence-corrected chi connectivity index (χ3v) is 9.55. The van der Waals surface area contributed by atoms with E-state index in [2.05, 4.69) is 5.32 Å². The summed E-state index contributed by atoms with van der Waals surface area (Å²) in [4.78, 5) is 29.6. The first-order chi connectivity index (χ1) is 20.1. The third kappa shape index (κ3) is 8.75. The molecular weight excluding hydrogens is 571 g/mol. The van der Waals surface area contributed by atoms with Crippen molar-refractivity contribution in [3.05, 3.63) is 84.4 Å². The highest BCUT2D eigenvalue weighted by Crippen LogP contribution is 2.27. The van der Waals surface area contributed by atoms with Gasteiger partial charge < -0.3 is 15.0 Å². The first kappa shape index (κ1) is 33.0. The van der Waals surface area contributed by atoms with Gasteiger partial charge in [-0.15, -0.1) is 11.8 Å². The number of ether oxygens (including phenoxy) is 1. The normalized spacial score (nSPS) is 12.7. The number of nitrogens with zero attached hydrogens (tertiary/aromatic N) is 2. The van der Waals surface area contributed by atoms with Crippen LogP contribution in [0, 0.1) is 0 Å². The SMILES string of the molecule is CCOc1ccc(N(CC(=O)N(CCc2ccccc2)C(C)C(=O)NC(C)CC)S(=O)(=O)c2ccc(SC)cc2)cc1. The Morgan fingerprint density at radius 3 is 2.14 bits per heavy atom. The van der Waals surface area contributed by atoms with Gasteiger partial charge in [0, 0.05) is 17.5 Å². The molecule has 3 aromatic carbocycles. The summed E-state index contributed by atoms with van der Waals surface area (Å²) in [5.41, 5.74) is 1.33. The van der Waals surface area contributed by atoms with Gasteiger partial charge in [-0.3, -0.25) is 13.9 Å². The molecule has 0 radical (unpaired) electrons. The van der Waals surface area contributed by atoms with Crippen LogP contribution in [0.3, 0.4) is 0 Å². The topological polar surface area (TPSA) is 96.0 Å². The van der Waals surface area contributed by atoms with E-state index in [-0.39, 0.29) is 23.4 Å². The molecule has 0 bridgehead atoms. The molecule has 0 spiro atoms. The largest absolute Gasteiger partial charge is 0.494 e. The Bertz CT molecular complexity index is 1400. The average Bonchev–Trinajstić information content (AvgIpc) is 3.00. The zero-order chi connectivity index (χ0) is 30.7. The molecule has 226 valence electrons. The third-order valence-electron chi connectivity index (χ3n) is 7.01. The number of sulfonamides is 1. The van der Waals surface area contributed by atoms with Crippen molar-refractivity contribution in [2.75, 3.05) is 30.3 Å². The fourth-order valence-electron chi connectivity index (χ4n) is 4.31. The Labute approximate surface area is 254 Å². The minimum absolute atomic E-state index is 0.0592. The Kier molecular flexibility index (Phi) is 12.3. The Hall–Kier alpha value is -3.50. The van der Waals surface area contributed by atoms with Crippen LogP contribution in [0.25, 0.3) is 0 Å². The fourth-order valence-corrected chi connectivity index (χ4v) is 6.14. The maximum Gasteiger partial charge on any atom is 0.264 e. The number of hydrogen-bond acceptors (Lipinski definition) is 6. The molecule has 42 heavy (non-hydrogen) atoms. The summed E-state index contributed by atoms with van der Waals surface area (Å²) in [7, 11) is -4.13. The van der Waals surface area contributed by atoms with Crippen LogP contribution in [0.15, 0.2) is 88.7 Å². The maximum absolute atomic E-state index is 14.0. The summed E-state index contributed by atoms with van der Waals surface area (Å²) < 4.78 is 34.7. The Morgan fingerprint density at radius 2 is 1.57 bits per heavy atom. The van der Waals surface area contributed by atoms with E-state index in [4.69, 9.17) is 4.74 Å². The van der Waals surface area contributed by atoms with Crippen LogP contribution < -0.4 is 14.4 Å². The average molecular weight is 612 g/mol. The van der Waals surface area contributed by atoms with E-state index in [0.29, 0.717) is 24.5 Å². The fraction of sp³-hybridized carbons (Fsp3) is 0.375. The number of carbonyl (C=O) groups excluding carboxylic acids is 2. The lowest BCUT2D eigenvalue weighted by atomic mass is 10.1. The standard InChI is InChI=1S/C32H41N3O5S2/c1-6-24(3)33-32(37)25(4)34(22-21-26-11-9-8-10-12-26)31(36)23-35(27-13-15-28(16-14-27)40-7-2)42(38,39)30-19-17-29(41-5)18-20-30/h8-20,24-25H,6-7,21-23H2,1-5H3,(H,33,37). The zero-order valence-corrected chi connectivity index (χ0v) is 26.6. The second-order valence-corrected chi connectivity index (χ2v) is 12.7. The lowest BCUT2D eigenvalue weighted by molar-refractivity contribution is -0.139. The van der Waals surface area contributed by atoms with Crippen molar-refractivity contribution in [3.63, 3.8) is 0 Å². The van der Waals surface area contributed by atoms with Gasteiger partial charge in [0.15, 0.2) is 0 Å². The van der Waals surface area contributed by atoms with Crippen LogP contribution in [-0.2, 0) is 26.0 Å². The molecule has 0 saturated heterocycles. The van der Waals surface area contributed by atoms with Crippen molar-refractivity contribution >= 4 is 39.3 Å². The van der Waals surface area contributed by atoms with Gasteiger partial charge in [-0.25, -0.2) is 8.42 Å². The van der Waals surface area contributed by atoms with E-state index in [9.17, 15) is 18.0 Å². The van der Waals surface area contributed by atoms with Gasteiger partial charge in [0.05, 0.1) is 17.2 Å². The number of carbonyl (C=O) groups is 2. The monoisotopic (exact) mass is 611 g/mol. The van der Waals surface area contributed by atoms with E-state index < -0.39 is 28.5 Å². The molecule has 0 heterocycles. The summed E-state index contributed by atoms with van der Waals surface area (Å²) >= 11 is 1.51. The number of amides is 2. The molecule has 1 N–H and O–H groups in total. The maximum atomic E-state index is 14.0. The number of hydrogen-bond donors (Lipinski definition) is 1. The van der Waals surface area contributed by atoms with E-state index in [1.807, 2.05) is 57.4 Å². The molecule has 0 fully saturated rings. The molecule has 2 amide bonds. The second-order valence-electron chi connectivity index (χ2n) is 9.93. The van der Waals surface area contributed by atoms with Crippen LogP contribution >= 0.6 is 11.8 Å². The molecule has 0 aliphatic carbocycles. The summed E-state index contributed by atoms with van der Waals surface area (Å²) in [5.74, 6) is -0.168. The highest BCUT2D eigenvalue weighted by molar-refractivity contribution is 7.98. The molecule has 0 aromatic heterocycles. The number of benzene rings is 3. The van der Waals surface area contributed by atoms with Gasteiger partial charge in [0.2, 0.25) is 11.8 Å². The predicted octanol–water partition coefficient (Wildman–Crippen LogP) is 5.38. The molecule has 10 heteroatoms.